The van der Waals surface area contributed by atoms with Crippen LogP contribution in [0.4, 0.5) is 4.39 Å². The molecule has 270 valence electrons. The zero-order chi connectivity index (χ0) is 35.6. The molecule has 0 unspecified atom stereocenters. The molecular weight excluding hydrogens is 647 g/mol. The van der Waals surface area contributed by atoms with E-state index in [0.717, 1.165) is 46.9 Å². The molecule has 3 amide bonds. The number of hydrogen-bond acceptors (Lipinski definition) is 9. The maximum atomic E-state index is 14.6. The molecule has 3 aliphatic rings. The van der Waals surface area contributed by atoms with Crippen LogP contribution in [0.25, 0.3) is 5.57 Å². The number of rotatable bonds is 19. The van der Waals surface area contributed by atoms with E-state index in [9.17, 15) is 23.6 Å². The number of likely N-dealkylation sites (N-methyl/N-ethyl adjacent to an activating group) is 1. The van der Waals surface area contributed by atoms with Crippen LogP contribution in [0.3, 0.4) is 0 Å². The maximum Gasteiger partial charge on any atom is 0.258 e. The van der Waals surface area contributed by atoms with E-state index in [0.29, 0.717) is 58.5 Å². The Balaban J connectivity index is 1.45. The van der Waals surface area contributed by atoms with Crippen LogP contribution >= 0.6 is 11.3 Å². The lowest BCUT2D eigenvalue weighted by molar-refractivity contribution is -0.145. The Labute approximate surface area is 293 Å². The number of halogens is 1. The lowest BCUT2D eigenvalue weighted by Crippen LogP contribution is -2.59. The van der Waals surface area contributed by atoms with Gasteiger partial charge in [-0.3, -0.25) is 19.3 Å². The van der Waals surface area contributed by atoms with Crippen LogP contribution in [0.15, 0.2) is 35.1 Å². The van der Waals surface area contributed by atoms with E-state index in [1.54, 1.807) is 16.2 Å². The molecule has 1 saturated carbocycles. The van der Waals surface area contributed by atoms with E-state index in [-0.39, 0.29) is 31.2 Å². The first-order chi connectivity index (χ1) is 23.4. The Bertz CT molecular complexity index is 1430. The molecular formula is C36H53FN6O5S. The third-order valence-electron chi connectivity index (χ3n) is 9.90. The summed E-state index contributed by atoms with van der Waals surface area (Å²) < 4.78 is 21.0. The van der Waals surface area contributed by atoms with E-state index in [4.69, 9.17) is 4.74 Å². The summed E-state index contributed by atoms with van der Waals surface area (Å²) in [6.45, 7) is 14.2. The molecule has 1 aromatic heterocycles. The van der Waals surface area contributed by atoms with Gasteiger partial charge >= 0.3 is 0 Å². The second-order valence-corrected chi connectivity index (χ2v) is 14.5. The van der Waals surface area contributed by atoms with Crippen molar-refractivity contribution in [1.29, 1.82) is 0 Å². The van der Waals surface area contributed by atoms with Gasteiger partial charge in [-0.25, -0.2) is 9.37 Å². The minimum atomic E-state index is -1.90. The summed E-state index contributed by atoms with van der Waals surface area (Å²) >= 11 is 1.58. The minimum Gasteiger partial charge on any atom is -0.496 e. The smallest absolute Gasteiger partial charge is 0.258 e. The summed E-state index contributed by atoms with van der Waals surface area (Å²) in [6, 6.07) is -1.64. The molecule has 49 heavy (non-hydrogen) atoms. The molecule has 1 saturated heterocycles. The number of carbonyl (C=O) groups is 4. The summed E-state index contributed by atoms with van der Waals surface area (Å²) in [5.74, 6) is -0.609. The number of carbonyl (C=O) groups excluding carboxylic acids is 4. The van der Waals surface area contributed by atoms with Crippen molar-refractivity contribution in [2.24, 2.45) is 5.41 Å². The zero-order valence-electron chi connectivity index (χ0n) is 29.6. The highest BCUT2D eigenvalue weighted by Crippen LogP contribution is 2.41. The van der Waals surface area contributed by atoms with E-state index < -0.39 is 29.1 Å². The van der Waals surface area contributed by atoms with Gasteiger partial charge in [0.2, 0.25) is 11.8 Å². The number of aldehydes is 1. The highest BCUT2D eigenvalue weighted by Gasteiger charge is 2.53. The van der Waals surface area contributed by atoms with Crippen LogP contribution in [0.1, 0.15) is 76.8 Å². The summed E-state index contributed by atoms with van der Waals surface area (Å²) in [4.78, 5) is 60.3. The molecule has 1 aromatic rings. The van der Waals surface area contributed by atoms with Crippen LogP contribution in [0, 0.1) is 12.3 Å². The highest BCUT2D eigenvalue weighted by molar-refractivity contribution is 7.11. The van der Waals surface area contributed by atoms with Gasteiger partial charge in [-0.1, -0.05) is 45.9 Å². The summed E-state index contributed by atoms with van der Waals surface area (Å²) in [7, 11) is 0. The second kappa shape index (κ2) is 17.5. The van der Waals surface area contributed by atoms with E-state index >= 15 is 0 Å². The van der Waals surface area contributed by atoms with Gasteiger partial charge in [0, 0.05) is 44.7 Å². The Hall–Kier alpha value is -3.42. The molecule has 0 aromatic carbocycles. The van der Waals surface area contributed by atoms with Gasteiger partial charge in [0.1, 0.15) is 30.7 Å². The average molecular weight is 701 g/mol. The molecule has 3 N–H and O–H groups in total. The molecule has 0 bridgehead atoms. The first-order valence-electron chi connectivity index (χ1n) is 17.5. The Morgan fingerprint density at radius 3 is 2.67 bits per heavy atom. The lowest BCUT2D eigenvalue weighted by atomic mass is 9.80. The van der Waals surface area contributed by atoms with Crippen LogP contribution in [0.2, 0.25) is 0 Å². The van der Waals surface area contributed by atoms with Gasteiger partial charge < -0.3 is 30.4 Å². The van der Waals surface area contributed by atoms with E-state index in [2.05, 4.69) is 38.8 Å². The molecule has 2 fully saturated rings. The molecule has 13 heteroatoms. The predicted molar refractivity (Wildman–Crippen MR) is 189 cm³/mol. The minimum absolute atomic E-state index is 0.161. The summed E-state index contributed by atoms with van der Waals surface area (Å²) in [5.41, 5.74) is 2.12. The largest absolute Gasteiger partial charge is 0.496 e. The van der Waals surface area contributed by atoms with Crippen molar-refractivity contribution >= 4 is 40.9 Å². The second-order valence-electron chi connectivity index (χ2n) is 13.7. The standard InChI is InChI=1S/C36H53FN6O5S/c1-6-35(4,5)31(41-34(47)36(37)14-15-36)33(46)43-18-8-9-28(43)32(45)39-23-27-11-10-26(30-25(3)40-24-49-30)12-13-29(27)48-22-20-42(7-2)19-16-38-17-21-44/h10-12,21,24,28,31,38H,6-9,13-20,22-23H2,1-5H3,(H,39,45)(H,41,47)/t28-,31+/m0/s1. The molecule has 4 rings (SSSR count). The highest BCUT2D eigenvalue weighted by atomic mass is 32.1. The number of nitrogens with zero attached hydrogens (tertiary/aromatic N) is 3. The predicted octanol–water partition coefficient (Wildman–Crippen LogP) is 3.71. The van der Waals surface area contributed by atoms with Gasteiger partial charge in [0.25, 0.3) is 5.91 Å². The van der Waals surface area contributed by atoms with Crippen molar-refractivity contribution in [2.45, 2.75) is 90.9 Å². The molecule has 2 atom stereocenters. The van der Waals surface area contributed by atoms with Crippen molar-refractivity contribution < 1.29 is 28.3 Å². The number of allylic oxidation sites excluding steroid dienone is 3. The third kappa shape index (κ3) is 10.1. The molecule has 0 spiro atoms. The molecule has 2 heterocycles. The van der Waals surface area contributed by atoms with Crippen LogP contribution in [-0.4, -0.2) is 109 Å². The van der Waals surface area contributed by atoms with Gasteiger partial charge in [-0.15, -0.1) is 11.3 Å². The first kappa shape index (κ1) is 38.4. The average Bonchev–Trinajstić information content (AvgIpc) is 3.49. The van der Waals surface area contributed by atoms with Gasteiger partial charge in [0.05, 0.1) is 22.6 Å². The quantitative estimate of drug-likeness (QED) is 0.147. The SMILES string of the molecule is CCN(CCNCC=O)CCOC1=C(CNC(=O)[C@@H]2CCCN2C(=O)[C@@H](NC(=O)C2(F)CC2)C(C)(C)CC)C=CC(c2scnc2C)=CC1. The van der Waals surface area contributed by atoms with Crippen LogP contribution in [0.5, 0.6) is 0 Å². The van der Waals surface area contributed by atoms with Gasteiger partial charge in [-0.05, 0) is 56.6 Å². The van der Waals surface area contributed by atoms with Gasteiger partial charge in [0.15, 0.2) is 5.67 Å². The fourth-order valence-corrected chi connectivity index (χ4v) is 6.85. The van der Waals surface area contributed by atoms with E-state index in [1.807, 2.05) is 45.4 Å². The fourth-order valence-electron chi connectivity index (χ4n) is 6.03. The van der Waals surface area contributed by atoms with Crippen molar-refractivity contribution in [3.63, 3.8) is 0 Å². The number of nitrogens with one attached hydrogen (secondary N) is 3. The summed E-state index contributed by atoms with van der Waals surface area (Å²) in [6.07, 6.45) is 9.57. The number of aryl methyl sites for hydroxylation is 1. The zero-order valence-corrected chi connectivity index (χ0v) is 30.4. The third-order valence-corrected chi connectivity index (χ3v) is 10.9. The van der Waals surface area contributed by atoms with Gasteiger partial charge in [-0.2, -0.15) is 0 Å². The normalized spacial score (nSPS) is 19.4. The Morgan fingerprint density at radius 2 is 2.02 bits per heavy atom. The first-order valence-corrected chi connectivity index (χ1v) is 18.4. The summed E-state index contributed by atoms with van der Waals surface area (Å²) in [5, 5.41) is 8.87. The number of aromatic nitrogens is 1. The number of alkyl halides is 1. The van der Waals surface area contributed by atoms with Crippen LogP contribution in [-0.2, 0) is 23.9 Å². The van der Waals surface area contributed by atoms with Crippen molar-refractivity contribution in [3.8, 4) is 0 Å². The lowest BCUT2D eigenvalue weighted by Gasteiger charge is -2.37. The molecule has 11 nitrogen and oxygen atoms in total. The number of amides is 3. The number of ether oxygens (including phenoxy) is 1. The maximum absolute atomic E-state index is 14.6. The Morgan fingerprint density at radius 1 is 1.24 bits per heavy atom. The van der Waals surface area contributed by atoms with Crippen molar-refractivity contribution in [3.05, 3.63) is 45.6 Å². The van der Waals surface area contributed by atoms with E-state index in [1.165, 1.54) is 0 Å². The molecule has 2 aliphatic carbocycles. The monoisotopic (exact) mass is 700 g/mol. The number of likely N-dealkylation sites (tertiary alicyclic amines) is 1. The Kier molecular flexibility index (Phi) is 13.7. The van der Waals surface area contributed by atoms with Crippen molar-refractivity contribution in [1.82, 2.24) is 30.7 Å². The molecule has 0 radical (unpaired) electrons. The van der Waals surface area contributed by atoms with Crippen molar-refractivity contribution in [2.75, 3.05) is 52.4 Å². The number of hydrogen-bond donors (Lipinski definition) is 3. The fraction of sp³-hybridized carbons (Fsp3) is 0.639. The number of thiazole rings is 1. The van der Waals surface area contributed by atoms with Crippen LogP contribution < -0.4 is 16.0 Å². The topological polar surface area (TPSA) is 133 Å². The molecule has 1 aliphatic heterocycles.